The lowest BCUT2D eigenvalue weighted by molar-refractivity contribution is 0.584. The lowest BCUT2D eigenvalue weighted by atomic mass is 10.0. The quantitative estimate of drug-likeness (QED) is 0.104. The Kier molecular flexibility index (Phi) is 13.0. The molecule has 0 atom stereocenters. The molecular formula is C72H48N8O2. The molecule has 3 heterocycles. The van der Waals surface area contributed by atoms with E-state index in [1.165, 1.54) is 0 Å². The van der Waals surface area contributed by atoms with Gasteiger partial charge >= 0.3 is 0 Å². The average Bonchev–Trinajstić information content (AvgIpc) is 4.39. The summed E-state index contributed by atoms with van der Waals surface area (Å²) >= 11 is 0. The summed E-state index contributed by atoms with van der Waals surface area (Å²) in [5, 5.41) is 17.8. The third kappa shape index (κ3) is 9.95. The maximum atomic E-state index is 6.28. The van der Waals surface area contributed by atoms with Crippen LogP contribution in [-0.2, 0) is 0 Å². The Morgan fingerprint density at radius 3 is 0.829 bits per heavy atom. The average molecular weight is 1060 g/mol. The van der Waals surface area contributed by atoms with Crippen molar-refractivity contribution < 1.29 is 8.83 Å². The van der Waals surface area contributed by atoms with Crippen molar-refractivity contribution in [3.8, 4) is 90.6 Å². The number of aromatic nitrogens is 6. The summed E-state index contributed by atoms with van der Waals surface area (Å²) < 4.78 is 12.6. The van der Waals surface area contributed by atoms with E-state index in [0.717, 1.165) is 112 Å². The van der Waals surface area contributed by atoms with Gasteiger partial charge in [0.05, 0.1) is 22.4 Å². The van der Waals surface area contributed by atoms with Gasteiger partial charge in [0.1, 0.15) is 0 Å². The fraction of sp³-hybridized carbons (Fsp3) is 0. The van der Waals surface area contributed by atoms with Crippen molar-refractivity contribution in [3.63, 3.8) is 0 Å². The van der Waals surface area contributed by atoms with Crippen LogP contribution in [0.15, 0.2) is 300 Å². The Labute approximate surface area is 473 Å². The van der Waals surface area contributed by atoms with Gasteiger partial charge in [0, 0.05) is 67.5 Å². The van der Waals surface area contributed by atoms with E-state index >= 15 is 0 Å². The minimum Gasteiger partial charge on any atom is -0.416 e. The number of anilines is 6. The van der Waals surface area contributed by atoms with Crippen LogP contribution in [0.4, 0.5) is 34.1 Å². The predicted octanol–water partition coefficient (Wildman–Crippen LogP) is 18.7. The summed E-state index contributed by atoms with van der Waals surface area (Å²) in [6.07, 6.45) is 0. The van der Waals surface area contributed by atoms with E-state index in [2.05, 4.69) is 200 Å². The number of para-hydroxylation sites is 4. The van der Waals surface area contributed by atoms with Gasteiger partial charge in [0.25, 0.3) is 0 Å². The molecule has 14 aromatic rings. The third-order valence-corrected chi connectivity index (χ3v) is 14.4. The highest BCUT2D eigenvalue weighted by molar-refractivity contribution is 5.89. The molecule has 3 aromatic heterocycles. The normalized spacial score (nSPS) is 11.2. The summed E-state index contributed by atoms with van der Waals surface area (Å²) in [5.74, 6) is 1.82. The first-order chi connectivity index (χ1) is 40.6. The first-order valence-electron chi connectivity index (χ1n) is 27.0. The molecule has 0 spiro atoms. The van der Waals surface area contributed by atoms with Gasteiger partial charge in [-0.3, -0.25) is 0 Å². The monoisotopic (exact) mass is 1060 g/mol. The maximum absolute atomic E-state index is 6.28. The van der Waals surface area contributed by atoms with Crippen LogP contribution in [-0.4, -0.2) is 30.4 Å². The molecule has 388 valence electrons. The van der Waals surface area contributed by atoms with E-state index in [1.54, 1.807) is 0 Å². The van der Waals surface area contributed by atoms with Crippen LogP contribution in [0.1, 0.15) is 0 Å². The predicted molar refractivity (Wildman–Crippen MR) is 328 cm³/mol. The fourth-order valence-corrected chi connectivity index (χ4v) is 10.3. The molecule has 0 saturated heterocycles. The number of hydrogen-bond donors (Lipinski definition) is 0. The zero-order valence-electron chi connectivity index (χ0n) is 44.1. The summed E-state index contributed by atoms with van der Waals surface area (Å²) in [5.41, 5.74) is 18.7. The molecule has 0 aliphatic heterocycles. The second-order valence-corrected chi connectivity index (χ2v) is 19.7. The second-order valence-electron chi connectivity index (χ2n) is 19.7. The molecule has 0 aliphatic rings. The Bertz CT molecular complexity index is 4190. The minimum absolute atomic E-state index is 0.446. The molecule has 0 bridgehead atoms. The highest BCUT2D eigenvalue weighted by Gasteiger charge is 2.20. The zero-order valence-corrected chi connectivity index (χ0v) is 44.1. The van der Waals surface area contributed by atoms with Crippen LogP contribution in [0.3, 0.4) is 0 Å². The molecule has 0 unspecified atom stereocenters. The largest absolute Gasteiger partial charge is 0.416 e. The van der Waals surface area contributed by atoms with Gasteiger partial charge in [-0.25, -0.2) is 9.97 Å². The topological polar surface area (TPSA) is 110 Å². The maximum Gasteiger partial charge on any atom is 0.248 e. The number of benzene rings is 11. The fourth-order valence-electron chi connectivity index (χ4n) is 10.3. The summed E-state index contributed by atoms with van der Waals surface area (Å²) in [6, 6.07) is 99.1. The van der Waals surface area contributed by atoms with E-state index in [-0.39, 0.29) is 0 Å². The molecule has 0 aliphatic carbocycles. The van der Waals surface area contributed by atoms with Crippen molar-refractivity contribution in [1.29, 1.82) is 0 Å². The van der Waals surface area contributed by atoms with E-state index in [1.807, 2.05) is 121 Å². The first kappa shape index (κ1) is 49.0. The molecule has 11 aromatic carbocycles. The molecule has 0 N–H and O–H groups in total. The van der Waals surface area contributed by atoms with Crippen LogP contribution in [0.5, 0.6) is 0 Å². The number of fused-ring (bicyclic) bond motifs is 1. The van der Waals surface area contributed by atoms with Crippen LogP contribution < -0.4 is 9.80 Å². The number of hydrogen-bond acceptors (Lipinski definition) is 10. The molecule has 82 heavy (non-hydrogen) atoms. The zero-order chi connectivity index (χ0) is 54.6. The van der Waals surface area contributed by atoms with Crippen LogP contribution in [0, 0.1) is 0 Å². The summed E-state index contributed by atoms with van der Waals surface area (Å²) in [7, 11) is 0. The highest BCUT2D eigenvalue weighted by atomic mass is 16.4. The number of nitrogens with zero attached hydrogens (tertiary/aromatic N) is 8. The molecule has 14 rings (SSSR count). The van der Waals surface area contributed by atoms with E-state index in [9.17, 15) is 0 Å². The smallest absolute Gasteiger partial charge is 0.248 e. The Morgan fingerprint density at radius 1 is 0.207 bits per heavy atom. The molecular weight excluding hydrogens is 1010 g/mol. The second kappa shape index (κ2) is 21.8. The molecule has 0 saturated carbocycles. The van der Waals surface area contributed by atoms with Gasteiger partial charge in [-0.1, -0.05) is 158 Å². The van der Waals surface area contributed by atoms with Gasteiger partial charge in [-0.05, 0) is 156 Å². The van der Waals surface area contributed by atoms with E-state index in [0.29, 0.717) is 23.6 Å². The molecule has 10 heteroatoms. The Morgan fingerprint density at radius 2 is 0.476 bits per heavy atom. The third-order valence-electron chi connectivity index (χ3n) is 14.4. The lowest BCUT2D eigenvalue weighted by Gasteiger charge is -2.26. The van der Waals surface area contributed by atoms with Gasteiger partial charge in [-0.2, -0.15) is 0 Å². The minimum atomic E-state index is 0.446. The van der Waals surface area contributed by atoms with Crippen molar-refractivity contribution in [2.75, 3.05) is 9.80 Å². The molecule has 0 amide bonds. The molecule has 0 radical (unpaired) electrons. The molecule has 10 nitrogen and oxygen atoms in total. The van der Waals surface area contributed by atoms with Crippen molar-refractivity contribution >= 4 is 45.2 Å². The van der Waals surface area contributed by atoms with Gasteiger partial charge < -0.3 is 18.6 Å². The Balaban J connectivity index is 0.743. The highest BCUT2D eigenvalue weighted by Crippen LogP contribution is 2.41. The Hall–Kier alpha value is -11.4. The SMILES string of the molecule is c1ccc(-c2cccc(-c3nnc(-c4ccc(N(c5ccccc5)c5ccc(-c6nc7ccccc7nc6-c6ccc(N(c7ccccc7)c7ccc(-c8nnc(-c9cccc(-c%10ccccc%10)c9)o8)cc7)cc6)cc5)cc4)o3)c2)cc1. The van der Waals surface area contributed by atoms with Gasteiger partial charge in [-0.15, -0.1) is 20.4 Å². The number of rotatable bonds is 14. The van der Waals surface area contributed by atoms with Crippen LogP contribution in [0.2, 0.25) is 0 Å². The van der Waals surface area contributed by atoms with E-state index in [4.69, 9.17) is 18.8 Å². The van der Waals surface area contributed by atoms with Crippen LogP contribution in [0.25, 0.3) is 102 Å². The van der Waals surface area contributed by atoms with Crippen LogP contribution >= 0.6 is 0 Å². The van der Waals surface area contributed by atoms with E-state index < -0.39 is 0 Å². The molecule has 0 fully saturated rings. The first-order valence-corrected chi connectivity index (χ1v) is 27.0. The van der Waals surface area contributed by atoms with Crippen molar-refractivity contribution in [3.05, 3.63) is 291 Å². The van der Waals surface area contributed by atoms with Crippen molar-refractivity contribution in [2.24, 2.45) is 0 Å². The van der Waals surface area contributed by atoms with Crippen molar-refractivity contribution in [2.45, 2.75) is 0 Å². The van der Waals surface area contributed by atoms with Gasteiger partial charge in [0.2, 0.25) is 23.6 Å². The standard InChI is InChI=1S/C72H48N8O2/c1-5-17-49(18-6-1)55-21-15-23-57(47-55)71-77-75-69(81-71)53-35-43-63(44-36-53)79(59-25-9-3-10-26-59)61-39-31-51(32-40-61)67-68(74-66-30-14-13-29-65(66)73-67)52-33-41-62(42-34-52)80(60-27-11-4-12-28-60)64-45-37-54(38-46-64)70-76-78-72(82-70)58-24-16-22-56(48-58)50-19-7-2-8-20-50/h1-48H. The van der Waals surface area contributed by atoms with Crippen molar-refractivity contribution in [1.82, 2.24) is 30.4 Å². The summed E-state index contributed by atoms with van der Waals surface area (Å²) in [4.78, 5) is 15.0. The van der Waals surface area contributed by atoms with Gasteiger partial charge in [0.15, 0.2) is 0 Å². The lowest BCUT2D eigenvalue weighted by Crippen LogP contribution is -2.10. The summed E-state index contributed by atoms with van der Waals surface area (Å²) in [6.45, 7) is 0.